The predicted octanol–water partition coefficient (Wildman–Crippen LogP) is 4.70. The number of rotatable bonds is 19. The van der Waals surface area contributed by atoms with Crippen molar-refractivity contribution in [1.29, 1.82) is 0 Å². The quantitative estimate of drug-likeness (QED) is 0.227. The van der Waals surface area contributed by atoms with Crippen LogP contribution in [0.2, 0.25) is 0 Å². The van der Waals surface area contributed by atoms with Crippen LogP contribution in [0.3, 0.4) is 0 Å². The maximum Gasteiger partial charge on any atom is 0.0841 e. The Morgan fingerprint density at radius 1 is 0.692 bits per heavy atom. The molecule has 0 spiro atoms. The molecule has 2 atom stereocenters. The summed E-state index contributed by atoms with van der Waals surface area (Å²) >= 11 is 0. The van der Waals surface area contributed by atoms with E-state index in [-0.39, 0.29) is 18.8 Å². The maximum absolute atomic E-state index is 9.11. The lowest BCUT2D eigenvalue weighted by Gasteiger charge is -2.28. The molecule has 0 bridgehead atoms. The smallest absolute Gasteiger partial charge is 0.0841 e. The molecule has 0 radical (unpaired) electrons. The molecular formula is C22H45NO3. The van der Waals surface area contributed by atoms with Gasteiger partial charge in [0.05, 0.1) is 12.2 Å². The molecule has 1 fully saturated rings. The summed E-state index contributed by atoms with van der Waals surface area (Å²) in [5.74, 6) is 0. The van der Waals surface area contributed by atoms with Crippen LogP contribution >= 0.6 is 0 Å². The highest BCUT2D eigenvalue weighted by Crippen LogP contribution is 2.32. The fourth-order valence-corrected chi connectivity index (χ4v) is 3.99. The highest BCUT2D eigenvalue weighted by Gasteiger charge is 2.36. The van der Waals surface area contributed by atoms with Crippen LogP contribution in [0.15, 0.2) is 0 Å². The standard InChI is InChI=1S/C22H45NO3/c1-2-3-4-5-7-10-13-20-21(26-20)14-11-8-6-9-12-15-22(23,16-18-24)17-19-25/h20-21,24-25H,2-19,23H2,1H3. The van der Waals surface area contributed by atoms with Crippen molar-refractivity contribution in [1.82, 2.24) is 0 Å². The van der Waals surface area contributed by atoms with Crippen LogP contribution in [0.5, 0.6) is 0 Å². The average molecular weight is 372 g/mol. The second-order valence-corrected chi connectivity index (χ2v) is 8.39. The van der Waals surface area contributed by atoms with Gasteiger partial charge in [-0.25, -0.2) is 0 Å². The predicted molar refractivity (Wildman–Crippen MR) is 109 cm³/mol. The van der Waals surface area contributed by atoms with E-state index < -0.39 is 0 Å². The van der Waals surface area contributed by atoms with E-state index in [0.717, 1.165) is 12.8 Å². The van der Waals surface area contributed by atoms with Gasteiger partial charge in [-0.2, -0.15) is 0 Å². The molecule has 0 aromatic heterocycles. The van der Waals surface area contributed by atoms with E-state index in [4.69, 9.17) is 20.7 Å². The summed E-state index contributed by atoms with van der Waals surface area (Å²) in [6.45, 7) is 2.48. The molecule has 0 aromatic rings. The molecule has 2 unspecified atom stereocenters. The third-order valence-electron chi connectivity index (χ3n) is 5.91. The highest BCUT2D eigenvalue weighted by atomic mass is 16.6. The molecule has 1 heterocycles. The molecule has 4 N–H and O–H groups in total. The van der Waals surface area contributed by atoms with Gasteiger partial charge in [-0.15, -0.1) is 0 Å². The van der Waals surface area contributed by atoms with Crippen molar-refractivity contribution >= 4 is 0 Å². The molecule has 4 heteroatoms. The SMILES string of the molecule is CCCCCCCCC1OC1CCCCCCCC(N)(CCO)CCO. The Morgan fingerprint density at radius 2 is 1.15 bits per heavy atom. The van der Waals surface area contributed by atoms with Crippen molar-refractivity contribution in [3.8, 4) is 0 Å². The third-order valence-corrected chi connectivity index (χ3v) is 5.91. The van der Waals surface area contributed by atoms with Crippen LogP contribution in [0.25, 0.3) is 0 Å². The van der Waals surface area contributed by atoms with Gasteiger partial charge in [0.25, 0.3) is 0 Å². The first-order valence-electron chi connectivity index (χ1n) is 11.3. The number of epoxide rings is 1. The van der Waals surface area contributed by atoms with Gasteiger partial charge in [0.15, 0.2) is 0 Å². The van der Waals surface area contributed by atoms with E-state index in [9.17, 15) is 0 Å². The van der Waals surface area contributed by atoms with Crippen molar-refractivity contribution in [2.45, 2.75) is 127 Å². The van der Waals surface area contributed by atoms with Crippen LogP contribution in [0.1, 0.15) is 110 Å². The minimum atomic E-state index is -0.380. The summed E-state index contributed by atoms with van der Waals surface area (Å²) < 4.78 is 5.81. The molecule has 0 aliphatic carbocycles. The third kappa shape index (κ3) is 11.5. The van der Waals surface area contributed by atoms with Crippen molar-refractivity contribution in [2.75, 3.05) is 13.2 Å². The van der Waals surface area contributed by atoms with Crippen molar-refractivity contribution in [3.05, 3.63) is 0 Å². The van der Waals surface area contributed by atoms with Crippen LogP contribution < -0.4 is 5.73 Å². The number of hydrogen-bond donors (Lipinski definition) is 3. The first-order chi connectivity index (χ1) is 12.6. The largest absolute Gasteiger partial charge is 0.396 e. The van der Waals surface area contributed by atoms with Crippen molar-refractivity contribution < 1.29 is 14.9 Å². The van der Waals surface area contributed by atoms with Crippen LogP contribution in [-0.4, -0.2) is 41.2 Å². The summed E-state index contributed by atoms with van der Waals surface area (Å²) in [7, 11) is 0. The fraction of sp³-hybridized carbons (Fsp3) is 1.00. The van der Waals surface area contributed by atoms with Gasteiger partial charge in [0.1, 0.15) is 0 Å². The van der Waals surface area contributed by atoms with Gasteiger partial charge in [-0.3, -0.25) is 0 Å². The van der Waals surface area contributed by atoms with Gasteiger partial charge in [-0.05, 0) is 32.1 Å². The van der Waals surface area contributed by atoms with Crippen LogP contribution in [0, 0.1) is 0 Å². The summed E-state index contributed by atoms with van der Waals surface area (Å²) in [6.07, 6.45) is 20.0. The Hall–Kier alpha value is -0.160. The van der Waals surface area contributed by atoms with E-state index in [0.29, 0.717) is 25.0 Å². The van der Waals surface area contributed by atoms with Crippen LogP contribution in [-0.2, 0) is 4.74 Å². The number of aliphatic hydroxyl groups is 2. The Bertz CT molecular complexity index is 319. The fourth-order valence-electron chi connectivity index (χ4n) is 3.99. The molecule has 1 rings (SSSR count). The number of hydrogen-bond acceptors (Lipinski definition) is 4. The topological polar surface area (TPSA) is 79.0 Å². The van der Waals surface area contributed by atoms with Crippen molar-refractivity contribution in [3.63, 3.8) is 0 Å². The minimum Gasteiger partial charge on any atom is -0.396 e. The molecule has 1 saturated heterocycles. The Balaban J connectivity index is 1.88. The lowest BCUT2D eigenvalue weighted by molar-refractivity contribution is 0.183. The molecule has 1 aliphatic heterocycles. The normalized spacial score (nSPS) is 19.8. The molecule has 26 heavy (non-hydrogen) atoms. The Labute approximate surface area is 161 Å². The summed E-state index contributed by atoms with van der Waals surface area (Å²) in [5, 5.41) is 18.2. The van der Waals surface area contributed by atoms with Crippen LogP contribution in [0.4, 0.5) is 0 Å². The van der Waals surface area contributed by atoms with E-state index in [1.54, 1.807) is 0 Å². The van der Waals surface area contributed by atoms with Crippen molar-refractivity contribution in [2.24, 2.45) is 5.73 Å². The molecule has 0 saturated carbocycles. The number of unbranched alkanes of at least 4 members (excludes halogenated alkanes) is 9. The zero-order valence-electron chi connectivity index (χ0n) is 17.3. The lowest BCUT2D eigenvalue weighted by atomic mass is 9.87. The molecule has 1 aliphatic rings. The number of aliphatic hydroxyl groups excluding tert-OH is 2. The van der Waals surface area contributed by atoms with E-state index >= 15 is 0 Å². The maximum atomic E-state index is 9.11. The highest BCUT2D eigenvalue weighted by molar-refractivity contribution is 4.85. The van der Waals surface area contributed by atoms with Gasteiger partial charge in [0, 0.05) is 18.8 Å². The Kier molecular flexibility index (Phi) is 13.6. The van der Waals surface area contributed by atoms with Gasteiger partial charge in [0.2, 0.25) is 0 Å². The summed E-state index contributed by atoms with van der Waals surface area (Å²) in [6, 6.07) is 0. The zero-order chi connectivity index (χ0) is 19.1. The average Bonchev–Trinajstić information content (AvgIpc) is 3.36. The summed E-state index contributed by atoms with van der Waals surface area (Å²) in [4.78, 5) is 0. The second-order valence-electron chi connectivity index (χ2n) is 8.39. The van der Waals surface area contributed by atoms with E-state index in [1.165, 1.54) is 77.0 Å². The molecular weight excluding hydrogens is 326 g/mol. The molecule has 156 valence electrons. The van der Waals surface area contributed by atoms with E-state index in [1.807, 2.05) is 0 Å². The van der Waals surface area contributed by atoms with E-state index in [2.05, 4.69) is 6.92 Å². The van der Waals surface area contributed by atoms with Gasteiger partial charge >= 0.3 is 0 Å². The lowest BCUT2D eigenvalue weighted by Crippen LogP contribution is -2.41. The van der Waals surface area contributed by atoms with Gasteiger partial charge < -0.3 is 20.7 Å². The zero-order valence-corrected chi connectivity index (χ0v) is 17.3. The first-order valence-corrected chi connectivity index (χ1v) is 11.3. The molecule has 0 amide bonds. The number of nitrogens with two attached hydrogens (primary N) is 1. The number of ether oxygens (including phenoxy) is 1. The first kappa shape index (κ1) is 23.9. The Morgan fingerprint density at radius 3 is 1.65 bits per heavy atom. The minimum absolute atomic E-state index is 0.109. The van der Waals surface area contributed by atoms with Gasteiger partial charge in [-0.1, -0.05) is 77.6 Å². The monoisotopic (exact) mass is 371 g/mol. The second kappa shape index (κ2) is 14.8. The molecule has 0 aromatic carbocycles. The summed E-state index contributed by atoms with van der Waals surface area (Å²) in [5.41, 5.74) is 5.88. The molecule has 4 nitrogen and oxygen atoms in total.